The fraction of sp³-hybridized carbons (Fsp3) is 0.750. The zero-order valence-electron chi connectivity index (χ0n) is 7.38. The van der Waals surface area contributed by atoms with Crippen LogP contribution in [0.5, 0.6) is 0 Å². The number of Topliss-reactive ketones (excluding diaryl/α,β-unsaturated/α-hetero) is 2. The Bertz CT molecular complexity index is 243. The summed E-state index contributed by atoms with van der Waals surface area (Å²) in [6, 6.07) is 0. The molecule has 68 valence electrons. The van der Waals surface area contributed by atoms with Crippen molar-refractivity contribution < 1.29 is 19.4 Å². The van der Waals surface area contributed by atoms with Gasteiger partial charge in [0.05, 0.1) is 0 Å². The summed E-state index contributed by atoms with van der Waals surface area (Å²) in [5.74, 6) is -2.48. The lowest BCUT2D eigenvalue weighted by molar-refractivity contribution is -0.205. The maximum atomic E-state index is 11.1. The summed E-state index contributed by atoms with van der Waals surface area (Å²) in [6.45, 7) is 4.10. The number of rotatable bonds is 1. The van der Waals surface area contributed by atoms with Gasteiger partial charge >= 0.3 is 0 Å². The number of hydrogen-bond donors (Lipinski definition) is 1. The smallest absolute Gasteiger partial charge is 0.224 e. The molecule has 0 radical (unpaired) electrons. The van der Waals surface area contributed by atoms with Crippen molar-refractivity contribution in [2.75, 3.05) is 0 Å². The maximum absolute atomic E-state index is 11.1. The average molecular weight is 172 g/mol. The fourth-order valence-electron chi connectivity index (χ4n) is 1.20. The Hall–Kier alpha value is -0.740. The molecule has 4 heteroatoms. The Morgan fingerprint density at radius 1 is 1.58 bits per heavy atom. The van der Waals surface area contributed by atoms with Crippen LogP contribution in [0.2, 0.25) is 0 Å². The van der Waals surface area contributed by atoms with Gasteiger partial charge in [-0.2, -0.15) is 0 Å². The molecule has 1 aliphatic rings. The largest absolute Gasteiger partial charge is 0.360 e. The number of hydrogen-bond acceptors (Lipinski definition) is 4. The van der Waals surface area contributed by atoms with Crippen molar-refractivity contribution in [3.8, 4) is 0 Å². The lowest BCUT2D eigenvalue weighted by atomic mass is 9.97. The van der Waals surface area contributed by atoms with Crippen LogP contribution < -0.4 is 0 Å². The minimum atomic E-state index is -1.79. The van der Waals surface area contributed by atoms with Crippen LogP contribution in [0.3, 0.4) is 0 Å². The molecule has 4 nitrogen and oxygen atoms in total. The number of carbonyl (C=O) groups excluding carboxylic acids is 2. The summed E-state index contributed by atoms with van der Waals surface area (Å²) < 4.78 is 4.97. The summed E-state index contributed by atoms with van der Waals surface area (Å²) in [5.41, 5.74) is -1.14. The molecule has 0 amide bonds. The van der Waals surface area contributed by atoms with Crippen LogP contribution in [0.25, 0.3) is 0 Å². The van der Waals surface area contributed by atoms with Gasteiger partial charge in [0, 0.05) is 6.42 Å². The molecular formula is C8H12O4. The summed E-state index contributed by atoms with van der Waals surface area (Å²) in [7, 11) is 0. The quantitative estimate of drug-likeness (QED) is 0.606. The van der Waals surface area contributed by atoms with Gasteiger partial charge in [0.2, 0.25) is 5.79 Å². The van der Waals surface area contributed by atoms with Gasteiger partial charge in [-0.3, -0.25) is 9.59 Å². The molecule has 1 N–H and O–H groups in total. The highest BCUT2D eigenvalue weighted by Gasteiger charge is 2.52. The second kappa shape index (κ2) is 2.37. The highest BCUT2D eigenvalue weighted by molar-refractivity contribution is 5.97. The van der Waals surface area contributed by atoms with Crippen LogP contribution in [-0.2, 0) is 14.3 Å². The van der Waals surface area contributed by atoms with E-state index in [0.29, 0.717) is 0 Å². The minimum Gasteiger partial charge on any atom is -0.360 e. The second-order valence-corrected chi connectivity index (χ2v) is 3.47. The topological polar surface area (TPSA) is 63.6 Å². The van der Waals surface area contributed by atoms with Crippen LogP contribution in [0.15, 0.2) is 0 Å². The SMILES string of the molecule is CC(=O)[C@@]1(C)CC(=O)[C@@](C)(O)O1. The zero-order valence-corrected chi connectivity index (χ0v) is 7.38. The van der Waals surface area contributed by atoms with Crippen molar-refractivity contribution in [1.29, 1.82) is 0 Å². The molecule has 2 atom stereocenters. The fourth-order valence-corrected chi connectivity index (χ4v) is 1.20. The van der Waals surface area contributed by atoms with Crippen LogP contribution in [0, 0.1) is 0 Å². The zero-order chi connectivity index (χ0) is 9.57. The van der Waals surface area contributed by atoms with Gasteiger partial charge in [0.15, 0.2) is 11.6 Å². The Labute approximate surface area is 70.5 Å². The van der Waals surface area contributed by atoms with E-state index < -0.39 is 17.2 Å². The number of aliphatic hydroxyl groups is 1. The molecule has 1 rings (SSSR count). The Kier molecular flexibility index (Phi) is 1.85. The minimum absolute atomic E-state index is 0.0463. The number of ketones is 2. The third kappa shape index (κ3) is 1.28. The molecule has 0 spiro atoms. The van der Waals surface area contributed by atoms with Crippen LogP contribution in [-0.4, -0.2) is 28.1 Å². The first kappa shape index (κ1) is 9.35. The van der Waals surface area contributed by atoms with Crippen LogP contribution >= 0.6 is 0 Å². The molecule has 0 unspecified atom stereocenters. The number of carbonyl (C=O) groups is 2. The Morgan fingerprint density at radius 3 is 2.25 bits per heavy atom. The third-order valence-electron chi connectivity index (χ3n) is 2.18. The van der Waals surface area contributed by atoms with Gasteiger partial charge in [-0.15, -0.1) is 0 Å². The highest BCUT2D eigenvalue weighted by atomic mass is 16.7. The number of ether oxygens (including phenoxy) is 1. The lowest BCUT2D eigenvalue weighted by Gasteiger charge is -2.22. The van der Waals surface area contributed by atoms with Crippen molar-refractivity contribution in [3.05, 3.63) is 0 Å². The van der Waals surface area contributed by atoms with Gasteiger partial charge in [-0.1, -0.05) is 0 Å². The second-order valence-electron chi connectivity index (χ2n) is 3.47. The average Bonchev–Trinajstić information content (AvgIpc) is 2.03. The third-order valence-corrected chi connectivity index (χ3v) is 2.18. The predicted molar refractivity (Wildman–Crippen MR) is 40.4 cm³/mol. The molecule has 12 heavy (non-hydrogen) atoms. The molecule has 1 saturated heterocycles. The van der Waals surface area contributed by atoms with E-state index in [2.05, 4.69) is 0 Å². The Morgan fingerprint density at radius 2 is 2.08 bits per heavy atom. The van der Waals surface area contributed by atoms with Gasteiger partial charge < -0.3 is 9.84 Å². The Balaban J connectivity index is 2.92. The van der Waals surface area contributed by atoms with E-state index in [1.54, 1.807) is 0 Å². The van der Waals surface area contributed by atoms with E-state index in [1.165, 1.54) is 20.8 Å². The van der Waals surface area contributed by atoms with E-state index in [9.17, 15) is 14.7 Å². The van der Waals surface area contributed by atoms with Gasteiger partial charge in [-0.25, -0.2) is 0 Å². The summed E-state index contributed by atoms with van der Waals surface area (Å²) in [6.07, 6.45) is -0.0463. The normalized spacial score (nSPS) is 41.8. The van der Waals surface area contributed by atoms with E-state index in [-0.39, 0.29) is 12.2 Å². The monoisotopic (exact) mass is 172 g/mol. The van der Waals surface area contributed by atoms with Crippen molar-refractivity contribution in [2.24, 2.45) is 0 Å². The van der Waals surface area contributed by atoms with E-state index in [1.807, 2.05) is 0 Å². The molecule has 0 aromatic carbocycles. The first-order valence-electron chi connectivity index (χ1n) is 3.75. The van der Waals surface area contributed by atoms with E-state index >= 15 is 0 Å². The van der Waals surface area contributed by atoms with Gasteiger partial charge in [0.25, 0.3) is 0 Å². The summed E-state index contributed by atoms with van der Waals surface area (Å²) in [4.78, 5) is 22.1. The van der Waals surface area contributed by atoms with Crippen LogP contribution in [0.4, 0.5) is 0 Å². The molecule has 0 saturated carbocycles. The van der Waals surface area contributed by atoms with Gasteiger partial charge in [0.1, 0.15) is 5.60 Å². The van der Waals surface area contributed by atoms with E-state index in [4.69, 9.17) is 4.74 Å². The molecule has 1 heterocycles. The molecule has 1 aliphatic heterocycles. The molecule has 0 aliphatic carbocycles. The molecule has 1 fully saturated rings. The molecule has 0 bridgehead atoms. The first-order chi connectivity index (χ1) is 5.28. The van der Waals surface area contributed by atoms with Gasteiger partial charge in [-0.05, 0) is 20.8 Å². The maximum Gasteiger partial charge on any atom is 0.224 e. The van der Waals surface area contributed by atoms with Crippen molar-refractivity contribution in [1.82, 2.24) is 0 Å². The summed E-state index contributed by atoms with van der Waals surface area (Å²) >= 11 is 0. The van der Waals surface area contributed by atoms with Crippen molar-refractivity contribution in [3.63, 3.8) is 0 Å². The summed E-state index contributed by atoms with van der Waals surface area (Å²) in [5, 5.41) is 9.32. The highest BCUT2D eigenvalue weighted by Crippen LogP contribution is 2.33. The van der Waals surface area contributed by atoms with Crippen LogP contribution in [0.1, 0.15) is 27.2 Å². The molecule has 0 aromatic heterocycles. The predicted octanol–water partition coefficient (Wildman–Crippen LogP) is 0.0320. The lowest BCUT2D eigenvalue weighted by Crippen LogP contribution is -2.37. The van der Waals surface area contributed by atoms with E-state index in [0.717, 1.165) is 0 Å². The standard InChI is InChI=1S/C8H12O4/c1-5(9)7(2)4-6(10)8(3,11)12-7/h11H,4H2,1-3H3/t7-,8+/m1/s1. The first-order valence-corrected chi connectivity index (χ1v) is 3.75. The van der Waals surface area contributed by atoms with Crippen molar-refractivity contribution >= 4 is 11.6 Å². The van der Waals surface area contributed by atoms with Crippen molar-refractivity contribution in [2.45, 2.75) is 38.6 Å². The molecule has 0 aromatic rings. The molecular weight excluding hydrogens is 160 g/mol.